The van der Waals surface area contributed by atoms with Crippen LogP contribution in [0.25, 0.3) is 0 Å². The highest BCUT2D eigenvalue weighted by Gasteiger charge is 2.23. The van der Waals surface area contributed by atoms with E-state index in [1.54, 1.807) is 24.3 Å². The minimum atomic E-state index is -1.76. The second-order valence-electron chi connectivity index (χ2n) is 6.53. The Balaban J connectivity index is 2.19. The van der Waals surface area contributed by atoms with Crippen molar-refractivity contribution in [1.29, 1.82) is 0 Å². The van der Waals surface area contributed by atoms with Crippen molar-refractivity contribution >= 4 is 20.1 Å². The topological polar surface area (TPSA) is 46.6 Å². The number of hydrogen-bond donors (Lipinski definition) is 0. The smallest absolute Gasteiger partial charge is 0.429 e. The summed E-state index contributed by atoms with van der Waals surface area (Å²) < 4.78 is 5.28. The zero-order chi connectivity index (χ0) is 18.3. The highest BCUT2D eigenvalue weighted by molar-refractivity contribution is 6.83. The first-order chi connectivity index (χ1) is 11.9. The number of nitrogens with zero attached hydrogens (tertiary/aromatic N) is 1. The van der Waals surface area contributed by atoms with Crippen LogP contribution >= 0.6 is 0 Å². The van der Waals surface area contributed by atoms with Crippen molar-refractivity contribution in [3.8, 4) is 11.6 Å². The molecular formula is C20H21NO3Si. The van der Waals surface area contributed by atoms with E-state index in [0.29, 0.717) is 5.56 Å². The van der Waals surface area contributed by atoms with Crippen LogP contribution in [-0.4, -0.2) is 25.0 Å². The van der Waals surface area contributed by atoms with Crippen molar-refractivity contribution in [3.63, 3.8) is 0 Å². The first-order valence-electron chi connectivity index (χ1n) is 8.00. The Morgan fingerprint density at radius 3 is 2.08 bits per heavy atom. The number of carbonyl (C=O) groups is 2. The first-order valence-corrected chi connectivity index (χ1v) is 11.5. The van der Waals surface area contributed by atoms with Crippen LogP contribution in [0.15, 0.2) is 60.7 Å². The van der Waals surface area contributed by atoms with E-state index >= 15 is 0 Å². The minimum Gasteiger partial charge on any atom is -0.444 e. The molecule has 0 spiro atoms. The zero-order valence-electron chi connectivity index (χ0n) is 14.7. The maximum Gasteiger partial charge on any atom is 0.429 e. The van der Waals surface area contributed by atoms with Crippen LogP contribution in [0.1, 0.15) is 15.9 Å². The number of amides is 2. The fraction of sp³-hybridized carbons (Fsp3) is 0.200. The predicted octanol–water partition coefficient (Wildman–Crippen LogP) is 4.30. The Morgan fingerprint density at radius 1 is 0.960 bits per heavy atom. The summed E-state index contributed by atoms with van der Waals surface area (Å²) in [5.41, 5.74) is 4.29. The Morgan fingerprint density at radius 2 is 1.52 bits per heavy atom. The van der Waals surface area contributed by atoms with Gasteiger partial charge in [0.25, 0.3) is 5.91 Å². The van der Waals surface area contributed by atoms with E-state index in [0.717, 1.165) is 10.5 Å². The third-order valence-corrected chi connectivity index (χ3v) is 4.02. The monoisotopic (exact) mass is 351 g/mol. The summed E-state index contributed by atoms with van der Waals surface area (Å²) in [5, 5.41) is 0. The van der Waals surface area contributed by atoms with E-state index in [2.05, 4.69) is 11.6 Å². The second-order valence-corrected chi connectivity index (χ2v) is 11.3. The summed E-state index contributed by atoms with van der Waals surface area (Å²) in [5.74, 6) is -0.482. The molecule has 0 radical (unpaired) electrons. The summed E-state index contributed by atoms with van der Waals surface area (Å²) in [6, 6.07) is 20.6. The molecule has 0 N–H and O–H groups in total. The van der Waals surface area contributed by atoms with Crippen molar-refractivity contribution in [1.82, 2.24) is 4.90 Å². The lowest BCUT2D eigenvalue weighted by Gasteiger charge is -2.15. The zero-order valence-corrected chi connectivity index (χ0v) is 15.7. The second kappa shape index (κ2) is 8.31. The van der Waals surface area contributed by atoms with Crippen LogP contribution in [0.4, 0.5) is 4.79 Å². The average Bonchev–Trinajstić information content (AvgIpc) is 2.60. The largest absolute Gasteiger partial charge is 0.444 e. The number of rotatable bonds is 3. The van der Waals surface area contributed by atoms with Gasteiger partial charge in [0.05, 0.1) is 0 Å². The SMILES string of the molecule is C[Si](C)(C)C#CN(C(=O)OCc1ccccc1)C(=O)c1ccccc1. The molecule has 0 aliphatic heterocycles. The summed E-state index contributed by atoms with van der Waals surface area (Å²) in [7, 11) is -1.76. The van der Waals surface area contributed by atoms with Crippen LogP contribution in [0, 0.1) is 11.6 Å². The molecule has 5 heteroatoms. The molecule has 0 aliphatic rings. The van der Waals surface area contributed by atoms with Crippen LogP contribution in [-0.2, 0) is 11.3 Å². The third-order valence-electron chi connectivity index (χ3n) is 3.15. The number of imide groups is 1. The Hall–Kier alpha value is -2.84. The van der Waals surface area contributed by atoms with Crippen LogP contribution in [0.2, 0.25) is 19.6 Å². The van der Waals surface area contributed by atoms with E-state index in [1.165, 1.54) is 0 Å². The van der Waals surface area contributed by atoms with Gasteiger partial charge in [0, 0.05) is 11.6 Å². The van der Waals surface area contributed by atoms with Crippen LogP contribution < -0.4 is 0 Å². The van der Waals surface area contributed by atoms with Crippen LogP contribution in [0.3, 0.4) is 0 Å². The van der Waals surface area contributed by atoms with Gasteiger partial charge in [-0.3, -0.25) is 4.79 Å². The fourth-order valence-corrected chi connectivity index (χ4v) is 2.34. The summed E-state index contributed by atoms with van der Waals surface area (Å²) in [6.07, 6.45) is -0.761. The Bertz CT molecular complexity index is 786. The molecule has 0 saturated carbocycles. The van der Waals surface area contributed by atoms with E-state index in [9.17, 15) is 9.59 Å². The van der Waals surface area contributed by atoms with Crippen LogP contribution in [0.5, 0.6) is 0 Å². The van der Waals surface area contributed by atoms with Crippen molar-refractivity contribution in [2.45, 2.75) is 26.2 Å². The molecule has 2 aromatic carbocycles. The van der Waals surface area contributed by atoms with Crippen molar-refractivity contribution in [2.75, 3.05) is 0 Å². The summed E-state index contributed by atoms with van der Waals surface area (Å²) in [4.78, 5) is 26.0. The molecule has 0 fully saturated rings. The van der Waals surface area contributed by atoms with Gasteiger partial charge >= 0.3 is 6.09 Å². The highest BCUT2D eigenvalue weighted by atomic mass is 28.3. The maximum atomic E-state index is 12.7. The standard InChI is InChI=1S/C20H21NO3Si/c1-25(2,3)15-14-21(19(22)18-12-8-5-9-13-18)20(23)24-16-17-10-6-4-7-11-17/h4-13H,16H2,1-3H3. The average molecular weight is 351 g/mol. The minimum absolute atomic E-state index is 0.0901. The molecule has 2 aromatic rings. The van der Waals surface area contributed by atoms with Crippen molar-refractivity contribution in [3.05, 3.63) is 71.8 Å². The van der Waals surface area contributed by atoms with Crippen molar-refractivity contribution < 1.29 is 14.3 Å². The third kappa shape index (κ3) is 5.94. The van der Waals surface area contributed by atoms with E-state index < -0.39 is 20.1 Å². The molecule has 25 heavy (non-hydrogen) atoms. The van der Waals surface area contributed by atoms with Gasteiger partial charge in [-0.15, -0.1) is 5.54 Å². The van der Waals surface area contributed by atoms with E-state index in [-0.39, 0.29) is 6.61 Å². The molecule has 4 nitrogen and oxygen atoms in total. The lowest BCUT2D eigenvalue weighted by Crippen LogP contribution is -2.34. The molecule has 0 aromatic heterocycles. The lowest BCUT2D eigenvalue weighted by atomic mass is 10.2. The molecule has 2 rings (SSSR count). The van der Waals surface area contributed by atoms with Gasteiger partial charge < -0.3 is 4.74 Å². The Kier molecular flexibility index (Phi) is 6.15. The Labute approximate surface area is 149 Å². The molecule has 0 bridgehead atoms. The van der Waals surface area contributed by atoms with E-state index in [4.69, 9.17) is 4.74 Å². The van der Waals surface area contributed by atoms with Crippen molar-refractivity contribution in [2.24, 2.45) is 0 Å². The molecule has 0 aliphatic carbocycles. The number of ether oxygens (including phenoxy) is 1. The van der Waals surface area contributed by atoms with Gasteiger partial charge in [-0.25, -0.2) is 4.79 Å². The summed E-state index contributed by atoms with van der Waals surface area (Å²) in [6.45, 7) is 6.22. The number of carbonyl (C=O) groups excluding carboxylic acids is 2. The lowest BCUT2D eigenvalue weighted by molar-refractivity contribution is 0.0745. The molecule has 0 saturated heterocycles. The number of benzene rings is 2. The predicted molar refractivity (Wildman–Crippen MR) is 100 cm³/mol. The quantitative estimate of drug-likeness (QED) is 0.470. The van der Waals surface area contributed by atoms with Gasteiger partial charge in [0.1, 0.15) is 14.7 Å². The van der Waals surface area contributed by atoms with Gasteiger partial charge in [0.15, 0.2) is 0 Å². The molecule has 2 amide bonds. The molecule has 0 unspecified atom stereocenters. The van der Waals surface area contributed by atoms with Gasteiger partial charge in [-0.2, -0.15) is 4.90 Å². The van der Waals surface area contributed by atoms with E-state index in [1.807, 2.05) is 56.0 Å². The maximum absolute atomic E-state index is 12.7. The van der Waals surface area contributed by atoms with Gasteiger partial charge in [-0.05, 0) is 17.7 Å². The first kappa shape index (κ1) is 18.5. The fourth-order valence-electron chi connectivity index (χ4n) is 1.90. The molecule has 128 valence electrons. The van der Waals surface area contributed by atoms with Gasteiger partial charge in [-0.1, -0.05) is 68.2 Å². The number of hydrogen-bond acceptors (Lipinski definition) is 3. The molecular weight excluding hydrogens is 330 g/mol. The summed E-state index contributed by atoms with van der Waals surface area (Å²) >= 11 is 0. The molecule has 0 atom stereocenters. The normalized spacial score (nSPS) is 10.4. The highest BCUT2D eigenvalue weighted by Crippen LogP contribution is 2.09. The van der Waals surface area contributed by atoms with Gasteiger partial charge in [0.2, 0.25) is 0 Å². The molecule has 0 heterocycles.